The van der Waals surface area contributed by atoms with Crippen LogP contribution in [-0.4, -0.2) is 41.9 Å². The minimum absolute atomic E-state index is 0.0968. The van der Waals surface area contributed by atoms with Gasteiger partial charge in [0, 0.05) is 31.2 Å². The fourth-order valence-electron chi connectivity index (χ4n) is 3.14. The Morgan fingerprint density at radius 2 is 1.96 bits per heavy atom. The molecule has 2 heterocycles. The summed E-state index contributed by atoms with van der Waals surface area (Å²) in [7, 11) is 0. The lowest BCUT2D eigenvalue weighted by molar-refractivity contribution is -0.237. The maximum Gasteiger partial charge on any atom is 0.415 e. The molecule has 1 unspecified atom stereocenters. The zero-order valence-corrected chi connectivity index (χ0v) is 13.8. The third-order valence-corrected chi connectivity index (χ3v) is 4.36. The number of hydrogen-bond donors (Lipinski definition) is 0. The van der Waals surface area contributed by atoms with Crippen LogP contribution in [0, 0.1) is 0 Å². The molecule has 1 atom stereocenters. The quantitative estimate of drug-likeness (QED) is 0.842. The Labute approximate surface area is 139 Å². The van der Waals surface area contributed by atoms with Crippen LogP contribution in [0.4, 0.5) is 13.2 Å². The van der Waals surface area contributed by atoms with E-state index in [1.165, 1.54) is 0 Å². The van der Waals surface area contributed by atoms with Crippen LogP contribution in [-0.2, 0) is 11.3 Å². The highest BCUT2D eigenvalue weighted by Gasteiger charge is 2.43. The highest BCUT2D eigenvalue weighted by molar-refractivity contribution is 5.87. The van der Waals surface area contributed by atoms with Crippen LogP contribution in [0.15, 0.2) is 30.5 Å². The fourth-order valence-corrected chi connectivity index (χ4v) is 3.14. The van der Waals surface area contributed by atoms with Gasteiger partial charge in [0.05, 0.1) is 12.3 Å². The molecule has 0 amide bonds. The van der Waals surface area contributed by atoms with Crippen molar-refractivity contribution < 1.29 is 17.9 Å². The van der Waals surface area contributed by atoms with Crippen molar-refractivity contribution in [3.8, 4) is 0 Å². The van der Waals surface area contributed by atoms with E-state index in [0.717, 1.165) is 22.0 Å². The number of ether oxygens (including phenoxy) is 1. The van der Waals surface area contributed by atoms with Gasteiger partial charge in [0.15, 0.2) is 6.10 Å². The molecule has 0 N–H and O–H groups in total. The molecule has 0 aliphatic carbocycles. The largest absolute Gasteiger partial charge is 0.415 e. The molecular weight excluding hydrogens is 317 g/mol. The standard InChI is InChI=1S/C18H21F3N2O/c1-12(2)17-15-6-4-3-5-14(15)13(9-22-17)10-23-7-8-24-16(11-23)18(19,20)21/h3-6,9,12,16H,7-8,10-11H2,1-2H3. The van der Waals surface area contributed by atoms with Gasteiger partial charge in [-0.15, -0.1) is 0 Å². The van der Waals surface area contributed by atoms with E-state index >= 15 is 0 Å². The number of morpholine rings is 1. The Balaban J connectivity index is 1.87. The molecule has 24 heavy (non-hydrogen) atoms. The summed E-state index contributed by atoms with van der Waals surface area (Å²) in [6.45, 7) is 5.08. The average Bonchev–Trinajstić information content (AvgIpc) is 2.54. The van der Waals surface area contributed by atoms with Crippen LogP contribution < -0.4 is 0 Å². The maximum absolute atomic E-state index is 12.9. The van der Waals surface area contributed by atoms with E-state index in [4.69, 9.17) is 4.74 Å². The monoisotopic (exact) mass is 338 g/mol. The Bertz CT molecular complexity index is 715. The van der Waals surface area contributed by atoms with Crippen LogP contribution >= 0.6 is 0 Å². The number of aromatic nitrogens is 1. The van der Waals surface area contributed by atoms with Gasteiger partial charge < -0.3 is 4.74 Å². The van der Waals surface area contributed by atoms with E-state index < -0.39 is 12.3 Å². The van der Waals surface area contributed by atoms with Gasteiger partial charge in [0.25, 0.3) is 0 Å². The minimum atomic E-state index is -4.32. The molecule has 3 rings (SSSR count). The number of halogens is 3. The number of rotatable bonds is 3. The summed E-state index contributed by atoms with van der Waals surface area (Å²) in [5.41, 5.74) is 1.97. The van der Waals surface area contributed by atoms with Crippen molar-refractivity contribution in [1.29, 1.82) is 0 Å². The Morgan fingerprint density at radius 1 is 1.25 bits per heavy atom. The second-order valence-electron chi connectivity index (χ2n) is 6.51. The molecule has 1 aromatic carbocycles. The molecule has 130 valence electrons. The predicted molar refractivity (Wildman–Crippen MR) is 86.9 cm³/mol. The second kappa shape index (κ2) is 6.69. The van der Waals surface area contributed by atoms with Gasteiger partial charge in [0.2, 0.25) is 0 Å². The number of nitrogens with zero attached hydrogens (tertiary/aromatic N) is 2. The topological polar surface area (TPSA) is 25.4 Å². The molecule has 0 bridgehead atoms. The first-order valence-electron chi connectivity index (χ1n) is 8.13. The number of alkyl halides is 3. The van der Waals surface area contributed by atoms with Crippen LogP contribution in [0.3, 0.4) is 0 Å². The van der Waals surface area contributed by atoms with Gasteiger partial charge >= 0.3 is 6.18 Å². The highest BCUT2D eigenvalue weighted by Crippen LogP contribution is 2.29. The van der Waals surface area contributed by atoms with E-state index in [1.54, 1.807) is 11.1 Å². The number of hydrogen-bond acceptors (Lipinski definition) is 3. The second-order valence-corrected chi connectivity index (χ2v) is 6.51. The van der Waals surface area contributed by atoms with Crippen molar-refractivity contribution in [3.63, 3.8) is 0 Å². The molecule has 3 nitrogen and oxygen atoms in total. The molecule has 1 aromatic heterocycles. The van der Waals surface area contributed by atoms with Crippen LogP contribution in [0.25, 0.3) is 10.8 Å². The van der Waals surface area contributed by atoms with Gasteiger partial charge in [-0.05, 0) is 16.9 Å². The molecule has 1 aliphatic rings. The first-order chi connectivity index (χ1) is 11.4. The Kier molecular flexibility index (Phi) is 4.78. The smallest absolute Gasteiger partial charge is 0.366 e. The molecule has 0 radical (unpaired) electrons. The lowest BCUT2D eigenvalue weighted by Crippen LogP contribution is -2.48. The lowest BCUT2D eigenvalue weighted by Gasteiger charge is -2.34. The van der Waals surface area contributed by atoms with Crippen LogP contribution in [0.1, 0.15) is 31.0 Å². The zero-order chi connectivity index (χ0) is 17.3. The molecule has 1 aliphatic heterocycles. The summed E-state index contributed by atoms with van der Waals surface area (Å²) in [6, 6.07) is 7.96. The third kappa shape index (κ3) is 3.54. The van der Waals surface area contributed by atoms with Gasteiger partial charge in [-0.1, -0.05) is 38.1 Å². The zero-order valence-electron chi connectivity index (χ0n) is 13.8. The van der Waals surface area contributed by atoms with Crippen molar-refractivity contribution >= 4 is 10.8 Å². The molecular formula is C18H21F3N2O. The molecule has 1 saturated heterocycles. The summed E-state index contributed by atoms with van der Waals surface area (Å²) in [6.07, 6.45) is -4.23. The van der Waals surface area contributed by atoms with Crippen LogP contribution in [0.5, 0.6) is 0 Å². The summed E-state index contributed by atoms with van der Waals surface area (Å²) in [5, 5.41) is 2.14. The summed E-state index contributed by atoms with van der Waals surface area (Å²) >= 11 is 0. The Morgan fingerprint density at radius 3 is 2.62 bits per heavy atom. The summed E-state index contributed by atoms with van der Waals surface area (Å²) in [4.78, 5) is 6.35. The lowest BCUT2D eigenvalue weighted by atomic mass is 9.99. The van der Waals surface area contributed by atoms with E-state index in [0.29, 0.717) is 19.0 Å². The number of pyridine rings is 1. The van der Waals surface area contributed by atoms with Gasteiger partial charge in [0.1, 0.15) is 0 Å². The normalized spacial score (nSPS) is 20.0. The van der Waals surface area contributed by atoms with Crippen molar-refractivity contribution in [2.45, 2.75) is 38.6 Å². The Hall–Kier alpha value is -1.66. The van der Waals surface area contributed by atoms with E-state index in [2.05, 4.69) is 18.8 Å². The summed E-state index contributed by atoms with van der Waals surface area (Å²) < 4.78 is 43.5. The molecule has 6 heteroatoms. The highest BCUT2D eigenvalue weighted by atomic mass is 19.4. The van der Waals surface area contributed by atoms with Crippen molar-refractivity contribution in [2.24, 2.45) is 0 Å². The van der Waals surface area contributed by atoms with Crippen molar-refractivity contribution in [3.05, 3.63) is 41.7 Å². The van der Waals surface area contributed by atoms with Gasteiger partial charge in [-0.25, -0.2) is 0 Å². The minimum Gasteiger partial charge on any atom is -0.366 e. The molecule has 1 fully saturated rings. The van der Waals surface area contributed by atoms with E-state index in [-0.39, 0.29) is 13.2 Å². The van der Waals surface area contributed by atoms with Gasteiger partial charge in [-0.2, -0.15) is 13.2 Å². The number of benzene rings is 1. The maximum atomic E-state index is 12.9. The van der Waals surface area contributed by atoms with E-state index in [1.807, 2.05) is 24.3 Å². The van der Waals surface area contributed by atoms with Crippen molar-refractivity contribution in [1.82, 2.24) is 9.88 Å². The average molecular weight is 338 g/mol. The fraction of sp³-hybridized carbons (Fsp3) is 0.500. The van der Waals surface area contributed by atoms with E-state index in [9.17, 15) is 13.2 Å². The first-order valence-corrected chi connectivity index (χ1v) is 8.13. The molecule has 0 spiro atoms. The van der Waals surface area contributed by atoms with Crippen LogP contribution in [0.2, 0.25) is 0 Å². The van der Waals surface area contributed by atoms with Gasteiger partial charge in [-0.3, -0.25) is 9.88 Å². The number of fused-ring (bicyclic) bond motifs is 1. The first kappa shape index (κ1) is 17.2. The molecule has 0 saturated carbocycles. The third-order valence-electron chi connectivity index (χ3n) is 4.36. The summed E-state index contributed by atoms with van der Waals surface area (Å²) in [5.74, 6) is 0.293. The molecule has 2 aromatic rings. The predicted octanol–water partition coefficient (Wildman–Crippen LogP) is 4.12. The SMILES string of the molecule is CC(C)c1ncc(CN2CCOC(C(F)(F)F)C2)c2ccccc12. The van der Waals surface area contributed by atoms with Crippen molar-refractivity contribution in [2.75, 3.05) is 19.7 Å².